The number of allylic oxidation sites excluding steroid dienone is 1. The molecule has 0 saturated carbocycles. The number of amides is 2. The molecule has 0 bridgehead atoms. The number of aliphatic hydroxyl groups is 1. The summed E-state index contributed by atoms with van der Waals surface area (Å²) in [5.41, 5.74) is -1.07. The van der Waals surface area contributed by atoms with Crippen molar-refractivity contribution in [2.24, 2.45) is 0 Å². The molecule has 0 radical (unpaired) electrons. The average Bonchev–Trinajstić information content (AvgIpc) is 2.58. The number of piperazine rings is 1. The van der Waals surface area contributed by atoms with E-state index in [1.54, 1.807) is 6.07 Å². The van der Waals surface area contributed by atoms with Crippen LogP contribution in [0, 0.1) is 0 Å². The van der Waals surface area contributed by atoms with Gasteiger partial charge < -0.3 is 14.9 Å². The monoisotopic (exact) mass is 342 g/mol. The van der Waals surface area contributed by atoms with Crippen LogP contribution in [-0.2, 0) is 9.59 Å². The van der Waals surface area contributed by atoms with Crippen molar-refractivity contribution in [2.45, 2.75) is 6.18 Å². The Hall–Kier alpha value is -2.35. The number of rotatable bonds is 3. The topological polar surface area (TPSA) is 60.9 Å². The first kappa shape index (κ1) is 18.0. The quantitative estimate of drug-likeness (QED) is 0.843. The number of carbonyl (C=O) groups is 2. The SMILES string of the molecule is O=C(/C=C(/c1ccccc1)C(F)(F)F)N1CCN(C(=O)CO)CC1. The molecule has 1 aromatic carbocycles. The maximum absolute atomic E-state index is 13.2. The van der Waals surface area contributed by atoms with Crippen molar-refractivity contribution in [3.8, 4) is 0 Å². The Morgan fingerprint density at radius 3 is 2.08 bits per heavy atom. The van der Waals surface area contributed by atoms with E-state index in [1.165, 1.54) is 34.1 Å². The van der Waals surface area contributed by atoms with Gasteiger partial charge in [0, 0.05) is 32.3 Å². The molecule has 1 aliphatic rings. The third-order valence-electron chi connectivity index (χ3n) is 3.74. The summed E-state index contributed by atoms with van der Waals surface area (Å²) >= 11 is 0. The standard InChI is InChI=1S/C16H17F3N2O3/c17-16(18,19)13(12-4-2-1-3-5-12)10-14(23)20-6-8-21(9-7-20)15(24)11-22/h1-5,10,22H,6-9,11H2/b13-10-. The van der Waals surface area contributed by atoms with E-state index in [2.05, 4.69) is 0 Å². The van der Waals surface area contributed by atoms with E-state index in [9.17, 15) is 22.8 Å². The zero-order valence-corrected chi connectivity index (χ0v) is 12.8. The van der Waals surface area contributed by atoms with Gasteiger partial charge >= 0.3 is 6.18 Å². The molecule has 1 fully saturated rings. The second-order valence-electron chi connectivity index (χ2n) is 5.29. The first-order valence-corrected chi connectivity index (χ1v) is 7.35. The van der Waals surface area contributed by atoms with E-state index >= 15 is 0 Å². The van der Waals surface area contributed by atoms with Crippen LogP contribution in [-0.4, -0.2) is 65.7 Å². The highest BCUT2D eigenvalue weighted by atomic mass is 19.4. The van der Waals surface area contributed by atoms with Gasteiger partial charge in [0.05, 0.1) is 5.57 Å². The third kappa shape index (κ3) is 4.35. The molecule has 2 amide bonds. The fraction of sp³-hybridized carbons (Fsp3) is 0.375. The molecule has 1 aliphatic heterocycles. The van der Waals surface area contributed by atoms with Crippen LogP contribution in [0.1, 0.15) is 5.56 Å². The number of halogens is 3. The summed E-state index contributed by atoms with van der Waals surface area (Å²) in [7, 11) is 0. The van der Waals surface area contributed by atoms with Crippen molar-refractivity contribution < 1.29 is 27.9 Å². The molecule has 2 rings (SSSR count). The van der Waals surface area contributed by atoms with Gasteiger partial charge in [-0.1, -0.05) is 30.3 Å². The predicted octanol–water partition coefficient (Wildman–Crippen LogP) is 1.30. The van der Waals surface area contributed by atoms with Gasteiger partial charge in [0.1, 0.15) is 6.61 Å². The lowest BCUT2D eigenvalue weighted by molar-refractivity contribution is -0.139. The van der Waals surface area contributed by atoms with Crippen molar-refractivity contribution in [3.05, 3.63) is 42.0 Å². The highest BCUT2D eigenvalue weighted by Crippen LogP contribution is 2.33. The van der Waals surface area contributed by atoms with Crippen LogP contribution in [0.4, 0.5) is 13.2 Å². The normalized spacial score (nSPS) is 16.2. The predicted molar refractivity (Wildman–Crippen MR) is 80.7 cm³/mol. The van der Waals surface area contributed by atoms with Crippen LogP contribution in [0.25, 0.3) is 5.57 Å². The van der Waals surface area contributed by atoms with Crippen molar-refractivity contribution in [1.29, 1.82) is 0 Å². The summed E-state index contributed by atoms with van der Waals surface area (Å²) in [6.07, 6.45) is -4.05. The van der Waals surface area contributed by atoms with E-state index in [4.69, 9.17) is 5.11 Å². The minimum Gasteiger partial charge on any atom is -0.387 e. The van der Waals surface area contributed by atoms with Crippen LogP contribution < -0.4 is 0 Å². The van der Waals surface area contributed by atoms with Gasteiger partial charge in [0.25, 0.3) is 0 Å². The molecule has 130 valence electrons. The van der Waals surface area contributed by atoms with Gasteiger partial charge in [0.15, 0.2) is 0 Å². The van der Waals surface area contributed by atoms with E-state index < -0.39 is 30.2 Å². The van der Waals surface area contributed by atoms with Crippen LogP contribution in [0.2, 0.25) is 0 Å². The lowest BCUT2D eigenvalue weighted by Gasteiger charge is -2.34. The number of alkyl halides is 3. The molecule has 0 aliphatic carbocycles. The summed E-state index contributed by atoms with van der Waals surface area (Å²) in [6, 6.07) is 7.13. The number of hydrogen-bond acceptors (Lipinski definition) is 3. The minimum absolute atomic E-state index is 0.0764. The Balaban J connectivity index is 2.13. The molecule has 5 nitrogen and oxygen atoms in total. The minimum atomic E-state index is -4.65. The summed E-state index contributed by atoms with van der Waals surface area (Å²) in [5, 5.41) is 8.79. The number of nitrogens with zero attached hydrogens (tertiary/aromatic N) is 2. The van der Waals surface area contributed by atoms with Gasteiger partial charge in [0.2, 0.25) is 11.8 Å². The smallest absolute Gasteiger partial charge is 0.387 e. The fourth-order valence-corrected chi connectivity index (χ4v) is 2.44. The van der Waals surface area contributed by atoms with Crippen molar-refractivity contribution in [1.82, 2.24) is 9.80 Å². The zero-order valence-electron chi connectivity index (χ0n) is 12.8. The van der Waals surface area contributed by atoms with E-state index in [0.717, 1.165) is 0 Å². The van der Waals surface area contributed by atoms with Crippen LogP contribution in [0.15, 0.2) is 36.4 Å². The van der Waals surface area contributed by atoms with Crippen molar-refractivity contribution in [3.63, 3.8) is 0 Å². The molecule has 24 heavy (non-hydrogen) atoms. The maximum atomic E-state index is 13.2. The molecule has 0 spiro atoms. The highest BCUT2D eigenvalue weighted by molar-refractivity contribution is 5.96. The average molecular weight is 342 g/mol. The molecule has 0 aromatic heterocycles. The largest absolute Gasteiger partial charge is 0.417 e. The number of carbonyl (C=O) groups excluding carboxylic acids is 2. The molecule has 8 heteroatoms. The number of aliphatic hydroxyl groups excluding tert-OH is 1. The molecule has 1 saturated heterocycles. The van der Waals surface area contributed by atoms with Crippen LogP contribution in [0.5, 0.6) is 0 Å². The van der Waals surface area contributed by atoms with Gasteiger partial charge in [-0.05, 0) is 5.56 Å². The van der Waals surface area contributed by atoms with Gasteiger partial charge in [-0.2, -0.15) is 13.2 Å². The van der Waals surface area contributed by atoms with Gasteiger partial charge in [-0.15, -0.1) is 0 Å². The van der Waals surface area contributed by atoms with Crippen molar-refractivity contribution in [2.75, 3.05) is 32.8 Å². The molecule has 0 unspecified atom stereocenters. The second kappa shape index (κ2) is 7.48. The first-order valence-electron chi connectivity index (χ1n) is 7.35. The van der Waals surface area contributed by atoms with Gasteiger partial charge in [-0.25, -0.2) is 0 Å². The summed E-state index contributed by atoms with van der Waals surface area (Å²) in [6.45, 7) is -0.000594. The fourth-order valence-electron chi connectivity index (χ4n) is 2.44. The molecule has 1 N–H and O–H groups in total. The Labute approximate surface area is 137 Å². The van der Waals surface area contributed by atoms with E-state index in [0.29, 0.717) is 6.08 Å². The highest BCUT2D eigenvalue weighted by Gasteiger charge is 2.36. The molecular formula is C16H17F3N2O3. The van der Waals surface area contributed by atoms with Crippen LogP contribution in [0.3, 0.4) is 0 Å². The van der Waals surface area contributed by atoms with E-state index in [-0.39, 0.29) is 31.7 Å². The molecular weight excluding hydrogens is 325 g/mol. The van der Waals surface area contributed by atoms with Crippen molar-refractivity contribution >= 4 is 17.4 Å². The first-order chi connectivity index (χ1) is 11.3. The Morgan fingerprint density at radius 2 is 1.58 bits per heavy atom. The summed E-state index contributed by atoms with van der Waals surface area (Å²) in [4.78, 5) is 26.2. The lowest BCUT2D eigenvalue weighted by atomic mass is 10.0. The lowest BCUT2D eigenvalue weighted by Crippen LogP contribution is -2.51. The van der Waals surface area contributed by atoms with E-state index in [1.807, 2.05) is 0 Å². The molecule has 1 aromatic rings. The maximum Gasteiger partial charge on any atom is 0.417 e. The zero-order chi connectivity index (χ0) is 17.7. The Morgan fingerprint density at radius 1 is 1.04 bits per heavy atom. The number of hydrogen-bond donors (Lipinski definition) is 1. The Bertz CT molecular complexity index is 621. The third-order valence-corrected chi connectivity index (χ3v) is 3.74. The molecule has 0 atom stereocenters. The molecule has 1 heterocycles. The van der Waals surface area contributed by atoms with Crippen LogP contribution >= 0.6 is 0 Å². The number of benzene rings is 1. The summed E-state index contributed by atoms with van der Waals surface area (Å²) in [5.74, 6) is -1.21. The Kier molecular flexibility index (Phi) is 5.61. The second-order valence-corrected chi connectivity index (χ2v) is 5.29. The van der Waals surface area contributed by atoms with Gasteiger partial charge in [-0.3, -0.25) is 9.59 Å². The summed E-state index contributed by atoms with van der Waals surface area (Å²) < 4.78 is 39.7.